The van der Waals surface area contributed by atoms with Crippen molar-refractivity contribution >= 4 is 34.8 Å². The molecule has 1 atom stereocenters. The van der Waals surface area contributed by atoms with E-state index >= 15 is 0 Å². The van der Waals surface area contributed by atoms with Crippen LogP contribution in [0, 0.1) is 6.92 Å². The van der Waals surface area contributed by atoms with E-state index in [2.05, 4.69) is 0 Å². The molecule has 112 valence electrons. The zero-order valence-corrected chi connectivity index (χ0v) is 14.2. The molecule has 0 saturated heterocycles. The summed E-state index contributed by atoms with van der Waals surface area (Å²) in [5.74, 6) is 0.493. The zero-order valence-electron chi connectivity index (χ0n) is 11.9. The molecule has 21 heavy (non-hydrogen) atoms. The van der Waals surface area contributed by atoms with Crippen LogP contribution < -0.4 is 4.74 Å². The summed E-state index contributed by atoms with van der Waals surface area (Å²) in [5, 5.41) is 0. The molecule has 4 heteroatoms. The second-order valence-electron chi connectivity index (χ2n) is 4.89. The molecule has 0 amide bonds. The molecule has 2 aromatic carbocycles. The number of alkyl halides is 3. The van der Waals surface area contributed by atoms with Crippen LogP contribution in [0.4, 0.5) is 0 Å². The third-order valence-corrected chi connectivity index (χ3v) is 3.92. The van der Waals surface area contributed by atoms with Crippen LogP contribution in [-0.4, -0.2) is 10.4 Å². The Bertz CT molecular complexity index is 570. The average Bonchev–Trinajstić information content (AvgIpc) is 2.42. The largest absolute Gasteiger partial charge is 0.494 e. The van der Waals surface area contributed by atoms with E-state index in [4.69, 9.17) is 39.5 Å². The molecule has 0 aliphatic heterocycles. The lowest BCUT2D eigenvalue weighted by atomic mass is 9.92. The topological polar surface area (TPSA) is 9.23 Å². The highest BCUT2D eigenvalue weighted by molar-refractivity contribution is 6.68. The number of hydrogen-bond acceptors (Lipinski definition) is 1. The smallest absolute Gasteiger partial charge is 0.201 e. The minimum atomic E-state index is -1.41. The summed E-state index contributed by atoms with van der Waals surface area (Å²) >= 11 is 18.6. The number of halogens is 3. The van der Waals surface area contributed by atoms with Crippen LogP contribution in [0.15, 0.2) is 48.5 Å². The van der Waals surface area contributed by atoms with Crippen molar-refractivity contribution in [2.45, 2.75) is 23.6 Å². The molecule has 0 spiro atoms. The van der Waals surface area contributed by atoms with Crippen molar-refractivity contribution < 1.29 is 4.74 Å². The predicted molar refractivity (Wildman–Crippen MR) is 90.9 cm³/mol. The molecule has 0 N–H and O–H groups in total. The fourth-order valence-electron chi connectivity index (χ4n) is 2.25. The Hall–Kier alpha value is -0.890. The lowest BCUT2D eigenvalue weighted by Crippen LogP contribution is -2.18. The zero-order chi connectivity index (χ0) is 15.5. The second kappa shape index (κ2) is 6.91. The normalized spacial score (nSPS) is 13.0. The minimum absolute atomic E-state index is 0.321. The van der Waals surface area contributed by atoms with Gasteiger partial charge in [-0.05, 0) is 37.1 Å². The Kier molecular flexibility index (Phi) is 5.43. The van der Waals surface area contributed by atoms with Gasteiger partial charge in [0.15, 0.2) is 0 Å². The molecule has 1 unspecified atom stereocenters. The van der Waals surface area contributed by atoms with Crippen molar-refractivity contribution in [3.63, 3.8) is 0 Å². The first-order chi connectivity index (χ1) is 9.91. The van der Waals surface area contributed by atoms with E-state index in [1.165, 1.54) is 5.56 Å². The van der Waals surface area contributed by atoms with Crippen molar-refractivity contribution in [3.05, 3.63) is 65.2 Å². The highest BCUT2D eigenvalue weighted by atomic mass is 35.6. The van der Waals surface area contributed by atoms with E-state index in [1.54, 1.807) is 0 Å². The predicted octanol–water partition coefficient (Wildman–Crippen LogP) is 5.90. The minimum Gasteiger partial charge on any atom is -0.494 e. The summed E-state index contributed by atoms with van der Waals surface area (Å²) in [5.41, 5.74) is 3.10. The summed E-state index contributed by atoms with van der Waals surface area (Å²) in [7, 11) is 0. The number of benzene rings is 2. The molecule has 0 heterocycles. The monoisotopic (exact) mass is 342 g/mol. The maximum absolute atomic E-state index is 6.21. The van der Waals surface area contributed by atoms with E-state index in [1.807, 2.05) is 62.4 Å². The molecule has 0 aliphatic carbocycles. The summed E-state index contributed by atoms with van der Waals surface area (Å²) in [6, 6.07) is 15.7. The van der Waals surface area contributed by atoms with E-state index in [0.717, 1.165) is 16.9 Å². The highest BCUT2D eigenvalue weighted by Crippen LogP contribution is 2.45. The van der Waals surface area contributed by atoms with Crippen LogP contribution in [0.5, 0.6) is 5.75 Å². The van der Waals surface area contributed by atoms with Gasteiger partial charge in [-0.3, -0.25) is 0 Å². The molecule has 0 bridgehead atoms. The molecule has 0 aromatic heterocycles. The van der Waals surface area contributed by atoms with Gasteiger partial charge >= 0.3 is 0 Å². The van der Waals surface area contributed by atoms with E-state index < -0.39 is 3.79 Å². The van der Waals surface area contributed by atoms with Gasteiger partial charge in [0, 0.05) is 0 Å². The Morgan fingerprint density at radius 1 is 0.905 bits per heavy atom. The maximum Gasteiger partial charge on any atom is 0.201 e. The quantitative estimate of drug-likeness (QED) is 0.628. The van der Waals surface area contributed by atoms with Crippen LogP contribution in [0.3, 0.4) is 0 Å². The van der Waals surface area contributed by atoms with Crippen molar-refractivity contribution in [3.8, 4) is 5.75 Å². The second-order valence-corrected chi connectivity index (χ2v) is 7.26. The van der Waals surface area contributed by atoms with E-state index in [-0.39, 0.29) is 5.92 Å². The summed E-state index contributed by atoms with van der Waals surface area (Å²) in [6.45, 7) is 4.61. The van der Waals surface area contributed by atoms with Crippen molar-refractivity contribution in [2.75, 3.05) is 6.61 Å². The highest BCUT2D eigenvalue weighted by Gasteiger charge is 2.35. The molecule has 2 rings (SSSR count). The van der Waals surface area contributed by atoms with Gasteiger partial charge < -0.3 is 4.74 Å². The molecular weight excluding hydrogens is 327 g/mol. The van der Waals surface area contributed by atoms with Gasteiger partial charge in [0.05, 0.1) is 12.5 Å². The first-order valence-electron chi connectivity index (χ1n) is 6.78. The van der Waals surface area contributed by atoms with Crippen LogP contribution >= 0.6 is 34.8 Å². The van der Waals surface area contributed by atoms with Crippen LogP contribution in [0.2, 0.25) is 0 Å². The van der Waals surface area contributed by atoms with Crippen LogP contribution in [0.25, 0.3) is 0 Å². The van der Waals surface area contributed by atoms with Crippen molar-refractivity contribution in [1.29, 1.82) is 0 Å². The van der Waals surface area contributed by atoms with Crippen molar-refractivity contribution in [2.24, 2.45) is 0 Å². The fourth-order valence-corrected chi connectivity index (χ4v) is 3.01. The lowest BCUT2D eigenvalue weighted by Gasteiger charge is -2.25. The Morgan fingerprint density at radius 3 is 1.81 bits per heavy atom. The van der Waals surface area contributed by atoms with Gasteiger partial charge in [-0.15, -0.1) is 0 Å². The summed E-state index contributed by atoms with van der Waals surface area (Å²) in [4.78, 5) is 0. The number of hydrogen-bond donors (Lipinski definition) is 0. The third-order valence-electron chi connectivity index (χ3n) is 3.26. The van der Waals surface area contributed by atoms with Gasteiger partial charge in [0.1, 0.15) is 5.75 Å². The Balaban J connectivity index is 2.38. The molecule has 0 radical (unpaired) electrons. The van der Waals surface area contributed by atoms with Gasteiger partial charge in [0.25, 0.3) is 0 Å². The molecule has 2 aromatic rings. The number of rotatable bonds is 4. The van der Waals surface area contributed by atoms with Gasteiger partial charge in [0.2, 0.25) is 3.79 Å². The Labute approximate surface area is 140 Å². The van der Waals surface area contributed by atoms with Gasteiger partial charge in [-0.25, -0.2) is 0 Å². The summed E-state index contributed by atoms with van der Waals surface area (Å²) in [6.07, 6.45) is 0. The standard InChI is InChI=1S/C17H17Cl3O/c1-3-21-15-10-8-14(9-11-15)16(17(18,19)20)13-6-4-12(2)5-7-13/h4-11,16H,3H2,1-2H3. The first-order valence-corrected chi connectivity index (χ1v) is 7.91. The molecular formula is C17H17Cl3O. The SMILES string of the molecule is CCOc1ccc(C(c2ccc(C)cc2)C(Cl)(Cl)Cl)cc1. The van der Waals surface area contributed by atoms with Crippen molar-refractivity contribution in [1.82, 2.24) is 0 Å². The molecule has 0 aliphatic rings. The summed E-state index contributed by atoms with van der Waals surface area (Å²) < 4.78 is 4.03. The first kappa shape index (κ1) is 16.5. The fraction of sp³-hybridized carbons (Fsp3) is 0.294. The van der Waals surface area contributed by atoms with E-state index in [9.17, 15) is 0 Å². The van der Waals surface area contributed by atoms with E-state index in [0.29, 0.717) is 6.61 Å². The van der Waals surface area contributed by atoms with Gasteiger partial charge in [-0.2, -0.15) is 0 Å². The molecule has 0 fully saturated rings. The molecule has 1 nitrogen and oxygen atoms in total. The third kappa shape index (κ3) is 4.29. The van der Waals surface area contributed by atoms with Crippen LogP contribution in [0.1, 0.15) is 29.5 Å². The van der Waals surface area contributed by atoms with Gasteiger partial charge in [-0.1, -0.05) is 76.8 Å². The Morgan fingerprint density at radius 2 is 1.38 bits per heavy atom. The average molecular weight is 344 g/mol. The molecule has 0 saturated carbocycles. The number of ether oxygens (including phenoxy) is 1. The number of aryl methyl sites for hydroxylation is 1. The lowest BCUT2D eigenvalue weighted by molar-refractivity contribution is 0.340. The maximum atomic E-state index is 6.21. The van der Waals surface area contributed by atoms with Crippen LogP contribution in [-0.2, 0) is 0 Å².